The van der Waals surface area contributed by atoms with Gasteiger partial charge in [0, 0.05) is 5.92 Å². The Bertz CT molecular complexity index is 255. The van der Waals surface area contributed by atoms with Gasteiger partial charge in [-0.15, -0.1) is 0 Å². The molecule has 4 nitrogen and oxygen atoms in total. The Morgan fingerprint density at radius 3 is 2.36 bits per heavy atom. The highest BCUT2D eigenvalue weighted by Gasteiger charge is 2.34. The molecule has 0 fully saturated rings. The Morgan fingerprint density at radius 2 is 1.93 bits per heavy atom. The van der Waals surface area contributed by atoms with E-state index in [1.807, 2.05) is 13.0 Å². The van der Waals surface area contributed by atoms with Crippen molar-refractivity contribution in [3.05, 3.63) is 12.2 Å². The van der Waals surface area contributed by atoms with Crippen molar-refractivity contribution < 1.29 is 19.8 Å². The molecule has 0 radical (unpaired) electrons. The second kappa shape index (κ2) is 4.26. The summed E-state index contributed by atoms with van der Waals surface area (Å²) in [4.78, 5) is 21.5. The second-order valence-electron chi connectivity index (χ2n) is 3.82. The largest absolute Gasteiger partial charge is 0.481 e. The van der Waals surface area contributed by atoms with Crippen LogP contribution in [0.5, 0.6) is 0 Å². The summed E-state index contributed by atoms with van der Waals surface area (Å²) in [6.07, 6.45) is 5.13. The predicted molar refractivity (Wildman–Crippen MR) is 49.8 cm³/mol. The SMILES string of the molecule is CC1CC=CC(C(C(=O)O)C(=O)O)C1. The molecule has 0 heterocycles. The molecular weight excluding hydrogens is 184 g/mol. The van der Waals surface area contributed by atoms with Gasteiger partial charge in [-0.05, 0) is 18.8 Å². The first-order chi connectivity index (χ1) is 6.52. The Kier molecular flexibility index (Phi) is 3.28. The van der Waals surface area contributed by atoms with Crippen molar-refractivity contribution in [3.63, 3.8) is 0 Å². The lowest BCUT2D eigenvalue weighted by Gasteiger charge is -2.24. The van der Waals surface area contributed by atoms with Crippen molar-refractivity contribution in [2.75, 3.05) is 0 Å². The smallest absolute Gasteiger partial charge is 0.318 e. The van der Waals surface area contributed by atoms with Crippen LogP contribution < -0.4 is 0 Å². The number of hydrogen-bond acceptors (Lipinski definition) is 2. The van der Waals surface area contributed by atoms with Gasteiger partial charge in [0.25, 0.3) is 0 Å². The molecule has 14 heavy (non-hydrogen) atoms. The lowest BCUT2D eigenvalue weighted by molar-refractivity contribution is -0.156. The number of carboxylic acids is 2. The number of allylic oxidation sites excluding steroid dienone is 2. The first-order valence-electron chi connectivity index (χ1n) is 4.64. The fourth-order valence-electron chi connectivity index (χ4n) is 1.84. The van der Waals surface area contributed by atoms with Gasteiger partial charge in [0.1, 0.15) is 0 Å². The first kappa shape index (κ1) is 10.8. The molecule has 0 aromatic rings. The van der Waals surface area contributed by atoms with Crippen LogP contribution >= 0.6 is 0 Å². The molecule has 1 aliphatic rings. The Labute approximate surface area is 82.2 Å². The van der Waals surface area contributed by atoms with E-state index in [-0.39, 0.29) is 5.92 Å². The monoisotopic (exact) mass is 198 g/mol. The summed E-state index contributed by atoms with van der Waals surface area (Å²) < 4.78 is 0. The summed E-state index contributed by atoms with van der Waals surface area (Å²) in [5.74, 6) is -3.79. The van der Waals surface area contributed by atoms with E-state index in [9.17, 15) is 9.59 Å². The summed E-state index contributed by atoms with van der Waals surface area (Å²) in [6.45, 7) is 2.00. The summed E-state index contributed by atoms with van der Waals surface area (Å²) in [5.41, 5.74) is 0. The normalized spacial score (nSPS) is 26.4. The van der Waals surface area contributed by atoms with E-state index in [0.717, 1.165) is 6.42 Å². The van der Waals surface area contributed by atoms with Crippen molar-refractivity contribution in [1.82, 2.24) is 0 Å². The highest BCUT2D eigenvalue weighted by molar-refractivity contribution is 5.93. The molecule has 78 valence electrons. The molecule has 2 unspecified atom stereocenters. The number of carboxylic acid groups (broad SMARTS) is 2. The number of aliphatic carboxylic acids is 2. The predicted octanol–water partition coefficient (Wildman–Crippen LogP) is 1.37. The van der Waals surface area contributed by atoms with Crippen molar-refractivity contribution in [3.8, 4) is 0 Å². The fourth-order valence-corrected chi connectivity index (χ4v) is 1.84. The summed E-state index contributed by atoms with van der Waals surface area (Å²) in [6, 6.07) is 0. The van der Waals surface area contributed by atoms with E-state index in [0.29, 0.717) is 12.3 Å². The van der Waals surface area contributed by atoms with Gasteiger partial charge in [0.05, 0.1) is 0 Å². The van der Waals surface area contributed by atoms with E-state index in [1.54, 1.807) is 6.08 Å². The molecule has 2 N–H and O–H groups in total. The molecule has 0 bridgehead atoms. The van der Waals surface area contributed by atoms with Crippen LogP contribution in [0.25, 0.3) is 0 Å². The van der Waals surface area contributed by atoms with Crippen LogP contribution in [0.2, 0.25) is 0 Å². The minimum atomic E-state index is -1.30. The van der Waals surface area contributed by atoms with Gasteiger partial charge in [-0.25, -0.2) is 0 Å². The lowest BCUT2D eigenvalue weighted by atomic mass is 9.80. The molecule has 0 aliphatic heterocycles. The molecule has 0 amide bonds. The molecular formula is C10H14O4. The van der Waals surface area contributed by atoms with Gasteiger partial charge in [0.2, 0.25) is 0 Å². The van der Waals surface area contributed by atoms with Gasteiger partial charge in [-0.2, -0.15) is 0 Å². The Morgan fingerprint density at radius 1 is 1.36 bits per heavy atom. The van der Waals surface area contributed by atoms with Gasteiger partial charge in [0.15, 0.2) is 5.92 Å². The standard InChI is InChI=1S/C10H14O4/c1-6-3-2-4-7(5-6)8(9(11)12)10(13)14/h2,4,6-8H,3,5H2,1H3,(H,11,12)(H,13,14). The highest BCUT2D eigenvalue weighted by Crippen LogP contribution is 2.29. The molecule has 0 saturated heterocycles. The summed E-state index contributed by atoms with van der Waals surface area (Å²) in [5, 5.41) is 17.5. The summed E-state index contributed by atoms with van der Waals surface area (Å²) >= 11 is 0. The molecule has 0 aromatic heterocycles. The Hall–Kier alpha value is -1.32. The third-order valence-corrected chi connectivity index (χ3v) is 2.56. The minimum Gasteiger partial charge on any atom is -0.481 e. The van der Waals surface area contributed by atoms with Crippen molar-refractivity contribution in [2.45, 2.75) is 19.8 Å². The van der Waals surface area contributed by atoms with E-state index in [1.165, 1.54) is 0 Å². The van der Waals surface area contributed by atoms with Crippen LogP contribution in [0.3, 0.4) is 0 Å². The molecule has 0 saturated carbocycles. The molecule has 4 heteroatoms. The van der Waals surface area contributed by atoms with Crippen molar-refractivity contribution in [1.29, 1.82) is 0 Å². The highest BCUT2D eigenvalue weighted by atomic mass is 16.4. The third kappa shape index (κ3) is 2.34. The van der Waals surface area contributed by atoms with Gasteiger partial charge >= 0.3 is 11.9 Å². The molecule has 0 spiro atoms. The first-order valence-corrected chi connectivity index (χ1v) is 4.64. The second-order valence-corrected chi connectivity index (χ2v) is 3.82. The number of hydrogen-bond donors (Lipinski definition) is 2. The van der Waals surface area contributed by atoms with E-state index in [4.69, 9.17) is 10.2 Å². The maximum atomic E-state index is 10.7. The maximum absolute atomic E-state index is 10.7. The molecule has 1 rings (SSSR count). The summed E-state index contributed by atoms with van der Waals surface area (Å²) in [7, 11) is 0. The number of carbonyl (C=O) groups is 2. The fraction of sp³-hybridized carbons (Fsp3) is 0.600. The molecule has 0 aromatic carbocycles. The van der Waals surface area contributed by atoms with Crippen LogP contribution in [0.4, 0.5) is 0 Å². The van der Waals surface area contributed by atoms with Crippen molar-refractivity contribution in [2.24, 2.45) is 17.8 Å². The zero-order chi connectivity index (χ0) is 10.7. The molecule has 1 aliphatic carbocycles. The Balaban J connectivity index is 2.78. The third-order valence-electron chi connectivity index (χ3n) is 2.56. The van der Waals surface area contributed by atoms with Crippen LogP contribution in [-0.2, 0) is 9.59 Å². The molecule has 2 atom stereocenters. The maximum Gasteiger partial charge on any atom is 0.318 e. The van der Waals surface area contributed by atoms with Crippen LogP contribution in [0.15, 0.2) is 12.2 Å². The average Bonchev–Trinajstić information content (AvgIpc) is 2.02. The van der Waals surface area contributed by atoms with E-state index in [2.05, 4.69) is 0 Å². The lowest BCUT2D eigenvalue weighted by Crippen LogP contribution is -2.32. The average molecular weight is 198 g/mol. The number of rotatable bonds is 3. The zero-order valence-electron chi connectivity index (χ0n) is 8.01. The van der Waals surface area contributed by atoms with Gasteiger partial charge < -0.3 is 10.2 Å². The quantitative estimate of drug-likeness (QED) is 0.530. The van der Waals surface area contributed by atoms with Crippen LogP contribution in [-0.4, -0.2) is 22.2 Å². The van der Waals surface area contributed by atoms with E-state index >= 15 is 0 Å². The minimum absolute atomic E-state index is 0.367. The van der Waals surface area contributed by atoms with Gasteiger partial charge in [-0.1, -0.05) is 19.1 Å². The van der Waals surface area contributed by atoms with Crippen molar-refractivity contribution >= 4 is 11.9 Å². The van der Waals surface area contributed by atoms with Crippen LogP contribution in [0, 0.1) is 17.8 Å². The van der Waals surface area contributed by atoms with Crippen LogP contribution in [0.1, 0.15) is 19.8 Å². The van der Waals surface area contributed by atoms with E-state index < -0.39 is 17.9 Å². The zero-order valence-corrected chi connectivity index (χ0v) is 8.01. The topological polar surface area (TPSA) is 74.6 Å². The van der Waals surface area contributed by atoms with Gasteiger partial charge in [-0.3, -0.25) is 9.59 Å².